The molecule has 0 aliphatic heterocycles. The second kappa shape index (κ2) is 8.49. The standard InChI is InChI=1S/C14H25N3O4/c1-3-15-12(18)9(2)16-14(21)17-11-8-6-4-5-7-10(11)13(19)20/h9-11H,3-8H2,1-2H3,(H,15,18)(H,19,20)(H2,16,17,21). The van der Waals surface area contributed by atoms with Gasteiger partial charge >= 0.3 is 12.0 Å². The van der Waals surface area contributed by atoms with Gasteiger partial charge in [-0.3, -0.25) is 9.59 Å². The van der Waals surface area contributed by atoms with Crippen LogP contribution >= 0.6 is 0 Å². The van der Waals surface area contributed by atoms with E-state index in [9.17, 15) is 19.5 Å². The Kier molecular flexibility index (Phi) is 6.98. The van der Waals surface area contributed by atoms with Gasteiger partial charge in [-0.05, 0) is 26.7 Å². The van der Waals surface area contributed by atoms with Crippen molar-refractivity contribution in [2.45, 2.75) is 58.0 Å². The summed E-state index contributed by atoms with van der Waals surface area (Å²) >= 11 is 0. The molecule has 0 saturated heterocycles. The summed E-state index contributed by atoms with van der Waals surface area (Å²) in [6, 6.07) is -1.53. The number of hydrogen-bond acceptors (Lipinski definition) is 3. The number of nitrogens with one attached hydrogen (secondary N) is 3. The van der Waals surface area contributed by atoms with Gasteiger partial charge in [0.1, 0.15) is 6.04 Å². The Hall–Kier alpha value is -1.79. The predicted octanol–water partition coefficient (Wildman–Crippen LogP) is 0.844. The molecule has 120 valence electrons. The van der Waals surface area contributed by atoms with Crippen LogP contribution < -0.4 is 16.0 Å². The smallest absolute Gasteiger partial charge is 0.315 e. The van der Waals surface area contributed by atoms with Crippen LogP contribution in [0.5, 0.6) is 0 Å². The number of carbonyl (C=O) groups is 3. The van der Waals surface area contributed by atoms with Gasteiger partial charge in [-0.25, -0.2) is 4.79 Å². The molecule has 21 heavy (non-hydrogen) atoms. The summed E-state index contributed by atoms with van der Waals surface area (Å²) in [5, 5.41) is 17.1. The van der Waals surface area contributed by atoms with Gasteiger partial charge in [0.25, 0.3) is 0 Å². The molecule has 0 spiro atoms. The molecule has 4 N–H and O–H groups in total. The molecular formula is C14H25N3O4. The van der Waals surface area contributed by atoms with Crippen molar-refractivity contribution in [2.75, 3.05) is 6.54 Å². The van der Waals surface area contributed by atoms with Crippen LogP contribution in [0.2, 0.25) is 0 Å². The fourth-order valence-electron chi connectivity index (χ4n) is 2.58. The summed E-state index contributed by atoms with van der Waals surface area (Å²) in [4.78, 5) is 34.7. The lowest BCUT2D eigenvalue weighted by Crippen LogP contribution is -2.52. The van der Waals surface area contributed by atoms with Crippen molar-refractivity contribution in [2.24, 2.45) is 5.92 Å². The van der Waals surface area contributed by atoms with Gasteiger partial charge in [0.05, 0.1) is 5.92 Å². The number of carboxylic acids is 1. The molecule has 1 rings (SSSR count). The van der Waals surface area contributed by atoms with E-state index in [1.165, 1.54) is 0 Å². The van der Waals surface area contributed by atoms with Crippen molar-refractivity contribution >= 4 is 17.9 Å². The summed E-state index contributed by atoms with van der Waals surface area (Å²) < 4.78 is 0. The highest BCUT2D eigenvalue weighted by Gasteiger charge is 2.31. The van der Waals surface area contributed by atoms with E-state index in [-0.39, 0.29) is 11.9 Å². The average molecular weight is 299 g/mol. The number of hydrogen-bond donors (Lipinski definition) is 4. The molecule has 7 nitrogen and oxygen atoms in total. The van der Waals surface area contributed by atoms with Gasteiger partial charge in [-0.2, -0.15) is 0 Å². The van der Waals surface area contributed by atoms with E-state index in [1.807, 2.05) is 0 Å². The zero-order chi connectivity index (χ0) is 15.8. The third kappa shape index (κ3) is 5.61. The van der Waals surface area contributed by atoms with Gasteiger partial charge < -0.3 is 21.1 Å². The molecule has 3 unspecified atom stereocenters. The number of rotatable bonds is 5. The van der Waals surface area contributed by atoms with Crippen LogP contribution in [0.15, 0.2) is 0 Å². The Bertz CT molecular complexity index is 386. The van der Waals surface area contributed by atoms with Gasteiger partial charge in [-0.15, -0.1) is 0 Å². The van der Waals surface area contributed by atoms with E-state index >= 15 is 0 Å². The normalized spacial score (nSPS) is 23.5. The number of aliphatic carboxylic acids is 1. The quantitative estimate of drug-likeness (QED) is 0.564. The van der Waals surface area contributed by atoms with Crippen LogP contribution in [0.3, 0.4) is 0 Å². The fraction of sp³-hybridized carbons (Fsp3) is 0.786. The molecule has 1 aliphatic carbocycles. The van der Waals surface area contributed by atoms with Crippen LogP contribution in [0.25, 0.3) is 0 Å². The molecule has 0 aromatic rings. The van der Waals surface area contributed by atoms with Crippen LogP contribution in [-0.2, 0) is 9.59 Å². The van der Waals surface area contributed by atoms with E-state index in [0.29, 0.717) is 19.4 Å². The van der Waals surface area contributed by atoms with E-state index in [1.54, 1.807) is 13.8 Å². The van der Waals surface area contributed by atoms with Crippen molar-refractivity contribution in [3.8, 4) is 0 Å². The minimum Gasteiger partial charge on any atom is -0.481 e. The maximum Gasteiger partial charge on any atom is 0.315 e. The second-order valence-corrected chi connectivity index (χ2v) is 5.42. The van der Waals surface area contributed by atoms with E-state index in [2.05, 4.69) is 16.0 Å². The van der Waals surface area contributed by atoms with Crippen molar-refractivity contribution in [1.82, 2.24) is 16.0 Å². The fourth-order valence-corrected chi connectivity index (χ4v) is 2.58. The Balaban J connectivity index is 2.54. The largest absolute Gasteiger partial charge is 0.481 e. The Morgan fingerprint density at radius 2 is 1.86 bits per heavy atom. The van der Waals surface area contributed by atoms with E-state index in [4.69, 9.17) is 0 Å². The molecule has 0 aromatic heterocycles. The van der Waals surface area contributed by atoms with Gasteiger partial charge in [-0.1, -0.05) is 19.3 Å². The number of carbonyl (C=O) groups excluding carboxylic acids is 2. The van der Waals surface area contributed by atoms with Crippen molar-refractivity contribution in [1.29, 1.82) is 0 Å². The molecule has 3 amide bonds. The molecule has 1 saturated carbocycles. The lowest BCUT2D eigenvalue weighted by Gasteiger charge is -2.24. The maximum absolute atomic E-state index is 11.9. The van der Waals surface area contributed by atoms with Crippen molar-refractivity contribution in [3.05, 3.63) is 0 Å². The molecule has 0 heterocycles. The van der Waals surface area contributed by atoms with Gasteiger partial charge in [0, 0.05) is 12.6 Å². The molecule has 0 aromatic carbocycles. The van der Waals surface area contributed by atoms with Crippen LogP contribution in [0, 0.1) is 5.92 Å². The number of amides is 3. The van der Waals surface area contributed by atoms with Gasteiger partial charge in [0.2, 0.25) is 5.91 Å². The zero-order valence-electron chi connectivity index (χ0n) is 12.6. The third-order valence-electron chi connectivity index (χ3n) is 3.74. The molecule has 1 fully saturated rings. The minimum atomic E-state index is -0.876. The maximum atomic E-state index is 11.9. The molecule has 0 radical (unpaired) electrons. The first-order valence-corrected chi connectivity index (χ1v) is 7.53. The first-order chi connectivity index (χ1) is 9.95. The topological polar surface area (TPSA) is 108 Å². The van der Waals surface area contributed by atoms with Crippen molar-refractivity contribution < 1.29 is 19.5 Å². The monoisotopic (exact) mass is 299 g/mol. The summed E-state index contributed by atoms with van der Waals surface area (Å²) in [6.07, 6.45) is 3.98. The predicted molar refractivity (Wildman–Crippen MR) is 77.8 cm³/mol. The first-order valence-electron chi connectivity index (χ1n) is 7.53. The van der Waals surface area contributed by atoms with Crippen LogP contribution in [0.4, 0.5) is 4.79 Å². The molecule has 3 atom stereocenters. The van der Waals surface area contributed by atoms with Crippen molar-refractivity contribution in [3.63, 3.8) is 0 Å². The van der Waals surface area contributed by atoms with Gasteiger partial charge in [0.15, 0.2) is 0 Å². The highest BCUT2D eigenvalue weighted by Crippen LogP contribution is 2.23. The summed E-state index contributed by atoms with van der Waals surface area (Å²) in [7, 11) is 0. The third-order valence-corrected chi connectivity index (χ3v) is 3.74. The summed E-state index contributed by atoms with van der Waals surface area (Å²) in [5.74, 6) is -1.69. The average Bonchev–Trinajstić information content (AvgIpc) is 2.64. The second-order valence-electron chi connectivity index (χ2n) is 5.42. The summed E-state index contributed by atoms with van der Waals surface area (Å²) in [6.45, 7) is 3.89. The zero-order valence-corrected chi connectivity index (χ0v) is 12.6. The Morgan fingerprint density at radius 1 is 1.19 bits per heavy atom. The number of carboxylic acid groups (broad SMARTS) is 1. The lowest BCUT2D eigenvalue weighted by atomic mass is 9.95. The molecule has 1 aliphatic rings. The molecule has 7 heteroatoms. The Labute approximate surface area is 124 Å². The summed E-state index contributed by atoms with van der Waals surface area (Å²) in [5.41, 5.74) is 0. The number of urea groups is 1. The Morgan fingerprint density at radius 3 is 2.48 bits per heavy atom. The van der Waals surface area contributed by atoms with E-state index in [0.717, 1.165) is 19.3 Å². The lowest BCUT2D eigenvalue weighted by molar-refractivity contribution is -0.142. The van der Waals surface area contributed by atoms with Crippen LogP contribution in [-0.4, -0.2) is 41.6 Å². The minimum absolute atomic E-state index is 0.261. The highest BCUT2D eigenvalue weighted by atomic mass is 16.4. The van der Waals surface area contributed by atoms with E-state index < -0.39 is 24.0 Å². The highest BCUT2D eigenvalue weighted by molar-refractivity contribution is 5.86. The molecular weight excluding hydrogens is 274 g/mol. The van der Waals surface area contributed by atoms with Crippen LogP contribution in [0.1, 0.15) is 46.0 Å². The first kappa shape index (κ1) is 17.3. The molecule has 0 bridgehead atoms. The SMILES string of the molecule is CCNC(=O)C(C)NC(=O)NC1CCCCCC1C(=O)O. The number of likely N-dealkylation sites (N-methyl/N-ethyl adjacent to an activating group) is 1.